The molecule has 7 heteroatoms. The molecule has 3 rings (SSSR count). The van der Waals surface area contributed by atoms with E-state index in [1.807, 2.05) is 0 Å². The standard InChI is InChI=1S/C20H35BN2O3S/c1-15-6-9-23(14-24)13-17(15)18(22-12-16-7-10-25-11-8-16)27-21-19(2,3)20(4,5)26-21/h16,24H,6-14H2,1-5H3/b22-18+. The number of hydrogen-bond acceptors (Lipinski definition) is 6. The summed E-state index contributed by atoms with van der Waals surface area (Å²) in [6.07, 6.45) is 3.31. The Labute approximate surface area is 169 Å². The molecule has 2 fully saturated rings. The molecule has 2 saturated heterocycles. The molecule has 3 heterocycles. The first kappa shape index (κ1) is 21.4. The number of aliphatic hydroxyl groups is 1. The second kappa shape index (κ2) is 8.58. The number of aliphatic imine (C=N–C) groups is 1. The molecule has 1 N–H and O–H groups in total. The van der Waals surface area contributed by atoms with Crippen molar-refractivity contribution in [2.75, 3.05) is 39.6 Å². The van der Waals surface area contributed by atoms with E-state index in [0.717, 1.165) is 57.2 Å². The fourth-order valence-corrected chi connectivity index (χ4v) is 5.30. The molecule has 0 saturated carbocycles. The van der Waals surface area contributed by atoms with Crippen molar-refractivity contribution in [2.45, 2.75) is 64.8 Å². The highest BCUT2D eigenvalue weighted by molar-refractivity contribution is 8.36. The van der Waals surface area contributed by atoms with Gasteiger partial charge >= 0.3 is 6.19 Å². The van der Waals surface area contributed by atoms with Gasteiger partial charge in [-0.15, -0.1) is 11.6 Å². The van der Waals surface area contributed by atoms with Crippen LogP contribution in [0.3, 0.4) is 0 Å². The van der Waals surface area contributed by atoms with Gasteiger partial charge in [-0.1, -0.05) is 19.4 Å². The average molecular weight is 394 g/mol. The molecule has 0 aromatic heterocycles. The lowest BCUT2D eigenvalue weighted by Gasteiger charge is -2.56. The van der Waals surface area contributed by atoms with Crippen LogP contribution in [-0.2, 0) is 9.39 Å². The largest absolute Gasteiger partial charge is 0.420 e. The summed E-state index contributed by atoms with van der Waals surface area (Å²) in [5.41, 5.74) is 2.58. The van der Waals surface area contributed by atoms with Gasteiger partial charge in [-0.2, -0.15) is 0 Å². The van der Waals surface area contributed by atoms with Gasteiger partial charge in [0.1, 0.15) is 0 Å². The Morgan fingerprint density at radius 3 is 2.59 bits per heavy atom. The molecule has 0 aliphatic carbocycles. The van der Waals surface area contributed by atoms with E-state index in [9.17, 15) is 5.11 Å². The first-order chi connectivity index (χ1) is 12.7. The van der Waals surface area contributed by atoms with Gasteiger partial charge in [0.25, 0.3) is 0 Å². The molecule has 3 aliphatic heterocycles. The van der Waals surface area contributed by atoms with Crippen LogP contribution in [0.25, 0.3) is 0 Å². The van der Waals surface area contributed by atoms with E-state index in [1.165, 1.54) is 11.1 Å². The lowest BCUT2D eigenvalue weighted by Crippen LogP contribution is -2.60. The second-order valence-electron chi connectivity index (χ2n) is 9.20. The van der Waals surface area contributed by atoms with Crippen molar-refractivity contribution in [3.05, 3.63) is 11.1 Å². The molecular weight excluding hydrogens is 359 g/mol. The van der Waals surface area contributed by atoms with Crippen LogP contribution in [0, 0.1) is 5.92 Å². The minimum atomic E-state index is -0.108. The minimum absolute atomic E-state index is 0.0942. The first-order valence-electron chi connectivity index (χ1n) is 10.2. The van der Waals surface area contributed by atoms with Crippen molar-refractivity contribution >= 4 is 22.9 Å². The van der Waals surface area contributed by atoms with E-state index in [4.69, 9.17) is 14.4 Å². The average Bonchev–Trinajstić information content (AvgIpc) is 2.65. The van der Waals surface area contributed by atoms with Crippen LogP contribution in [0.4, 0.5) is 0 Å². The van der Waals surface area contributed by atoms with E-state index in [2.05, 4.69) is 39.5 Å². The van der Waals surface area contributed by atoms with Gasteiger partial charge in [-0.3, -0.25) is 9.89 Å². The Morgan fingerprint density at radius 1 is 1.30 bits per heavy atom. The Morgan fingerprint density at radius 2 is 2.00 bits per heavy atom. The Balaban J connectivity index is 1.78. The van der Waals surface area contributed by atoms with E-state index >= 15 is 0 Å². The molecular formula is C20H35BN2O3S. The molecule has 152 valence electrons. The third kappa shape index (κ3) is 4.64. The maximum Gasteiger partial charge on any atom is 0.376 e. The van der Waals surface area contributed by atoms with Gasteiger partial charge in [0.2, 0.25) is 0 Å². The van der Waals surface area contributed by atoms with E-state index in [0.29, 0.717) is 5.92 Å². The number of hydrogen-bond donors (Lipinski definition) is 1. The molecule has 0 aromatic carbocycles. The lowest BCUT2D eigenvalue weighted by molar-refractivity contribution is -0.00469. The summed E-state index contributed by atoms with van der Waals surface area (Å²) in [7, 11) is 0. The molecule has 27 heavy (non-hydrogen) atoms. The topological polar surface area (TPSA) is 54.3 Å². The third-order valence-corrected chi connectivity index (χ3v) is 8.25. The van der Waals surface area contributed by atoms with Crippen molar-refractivity contribution < 1.29 is 14.5 Å². The predicted molar refractivity (Wildman–Crippen MR) is 114 cm³/mol. The molecule has 0 radical (unpaired) electrons. The van der Waals surface area contributed by atoms with Crippen LogP contribution in [0.5, 0.6) is 0 Å². The van der Waals surface area contributed by atoms with Crippen molar-refractivity contribution in [3.63, 3.8) is 0 Å². The van der Waals surface area contributed by atoms with Crippen LogP contribution in [0.15, 0.2) is 16.1 Å². The van der Waals surface area contributed by atoms with Gasteiger partial charge < -0.3 is 14.5 Å². The predicted octanol–water partition coefficient (Wildman–Crippen LogP) is 3.59. The summed E-state index contributed by atoms with van der Waals surface area (Å²) in [5.74, 6) is 0.611. The Bertz CT molecular complexity index is 600. The zero-order valence-electron chi connectivity index (χ0n) is 17.6. The molecule has 0 amide bonds. The van der Waals surface area contributed by atoms with Gasteiger partial charge in [0.05, 0.1) is 11.8 Å². The molecule has 0 aromatic rings. The summed E-state index contributed by atoms with van der Waals surface area (Å²) in [6, 6.07) is 0. The highest BCUT2D eigenvalue weighted by atomic mass is 32.2. The Kier molecular flexibility index (Phi) is 6.79. The van der Waals surface area contributed by atoms with Crippen molar-refractivity contribution in [3.8, 4) is 0 Å². The van der Waals surface area contributed by atoms with Crippen LogP contribution in [0.2, 0.25) is 5.31 Å². The van der Waals surface area contributed by atoms with Gasteiger partial charge in [-0.05, 0) is 51.5 Å². The zero-order chi connectivity index (χ0) is 19.7. The SMILES string of the molecule is CC1=C(/C(=N\CC2CCOCC2)SB2OC(C)(C)C2(C)C)CN(CO)CC1. The molecule has 0 spiro atoms. The summed E-state index contributed by atoms with van der Waals surface area (Å²) in [6.45, 7) is 15.5. The van der Waals surface area contributed by atoms with Crippen molar-refractivity contribution in [1.82, 2.24) is 4.90 Å². The summed E-state index contributed by atoms with van der Waals surface area (Å²) < 4.78 is 11.7. The number of nitrogens with zero attached hydrogens (tertiary/aromatic N) is 2. The smallest absolute Gasteiger partial charge is 0.376 e. The van der Waals surface area contributed by atoms with Gasteiger partial charge in [0.15, 0.2) is 0 Å². The Hall–Kier alpha value is -0.335. The third-order valence-electron chi connectivity index (χ3n) is 6.75. The van der Waals surface area contributed by atoms with Crippen molar-refractivity contribution in [1.29, 1.82) is 0 Å². The molecule has 5 nitrogen and oxygen atoms in total. The molecule has 0 bridgehead atoms. The number of ether oxygens (including phenoxy) is 1. The van der Waals surface area contributed by atoms with Gasteiger partial charge in [-0.25, -0.2) is 0 Å². The van der Waals surface area contributed by atoms with Crippen LogP contribution < -0.4 is 0 Å². The van der Waals surface area contributed by atoms with Crippen LogP contribution >= 0.6 is 11.6 Å². The molecule has 0 atom stereocenters. The second-order valence-corrected chi connectivity index (χ2v) is 10.3. The monoisotopic (exact) mass is 394 g/mol. The highest BCUT2D eigenvalue weighted by Gasteiger charge is 2.60. The zero-order valence-corrected chi connectivity index (χ0v) is 18.4. The quantitative estimate of drug-likeness (QED) is 0.439. The summed E-state index contributed by atoms with van der Waals surface area (Å²) in [4.78, 5) is 7.19. The van der Waals surface area contributed by atoms with E-state index in [-0.39, 0.29) is 23.8 Å². The summed E-state index contributed by atoms with van der Waals surface area (Å²) >= 11 is 1.78. The fourth-order valence-electron chi connectivity index (χ4n) is 3.70. The fraction of sp³-hybridized carbons (Fsp3) is 0.850. The first-order valence-corrected chi connectivity index (χ1v) is 11.1. The maximum absolute atomic E-state index is 9.62. The number of aliphatic hydroxyl groups excluding tert-OH is 1. The minimum Gasteiger partial charge on any atom is -0.420 e. The van der Waals surface area contributed by atoms with E-state index in [1.54, 1.807) is 11.6 Å². The lowest BCUT2D eigenvalue weighted by atomic mass is 9.49. The van der Waals surface area contributed by atoms with Crippen molar-refractivity contribution in [2.24, 2.45) is 10.9 Å². The van der Waals surface area contributed by atoms with E-state index < -0.39 is 0 Å². The highest BCUT2D eigenvalue weighted by Crippen LogP contribution is 2.57. The van der Waals surface area contributed by atoms with Crippen LogP contribution in [-0.4, -0.2) is 66.4 Å². The molecule has 3 aliphatic rings. The summed E-state index contributed by atoms with van der Waals surface area (Å²) in [5, 5.41) is 10.8. The van der Waals surface area contributed by atoms with Crippen LogP contribution in [0.1, 0.15) is 53.9 Å². The molecule has 0 unspecified atom stereocenters. The normalized spacial score (nSPS) is 27.0. The number of rotatable bonds is 5. The maximum atomic E-state index is 9.62. The van der Waals surface area contributed by atoms with Gasteiger partial charge in [0, 0.05) is 43.8 Å².